The van der Waals surface area contributed by atoms with Crippen molar-refractivity contribution in [1.82, 2.24) is 0 Å². The van der Waals surface area contributed by atoms with Gasteiger partial charge in [0.1, 0.15) is 0 Å². The zero-order valence-electron chi connectivity index (χ0n) is 9.34. The Labute approximate surface area is 83.7 Å². The van der Waals surface area contributed by atoms with Crippen molar-refractivity contribution >= 4 is 8.32 Å². The molecule has 0 aromatic rings. The van der Waals surface area contributed by atoms with Crippen LogP contribution in [0.4, 0.5) is 0 Å². The largest absolute Gasteiger partial charge is 0.432 e. The molecule has 0 aliphatic heterocycles. The van der Waals surface area contributed by atoms with Gasteiger partial charge in [-0.25, -0.2) is 0 Å². The monoisotopic (exact) mass is 200 g/mol. The van der Waals surface area contributed by atoms with Crippen LogP contribution in [0.5, 0.6) is 0 Å². The molecule has 78 valence electrons. The van der Waals surface area contributed by atoms with Crippen molar-refractivity contribution < 1.29 is 4.80 Å². The summed E-state index contributed by atoms with van der Waals surface area (Å²) in [6.07, 6.45) is 6.93. The SMILES string of the molecule is CC1CCC(CC[Si](C)(C)O)CC1. The fourth-order valence-electron chi connectivity index (χ4n) is 2.18. The quantitative estimate of drug-likeness (QED) is 0.692. The fraction of sp³-hybridized carbons (Fsp3) is 1.00. The van der Waals surface area contributed by atoms with Crippen molar-refractivity contribution in [1.29, 1.82) is 0 Å². The standard InChI is InChI=1S/C11H24OSi/c1-10-4-6-11(7-5-10)8-9-13(2,3)12/h10-12H,4-9H2,1-3H3. The van der Waals surface area contributed by atoms with E-state index < -0.39 is 8.32 Å². The summed E-state index contributed by atoms with van der Waals surface area (Å²) in [7, 11) is -1.76. The summed E-state index contributed by atoms with van der Waals surface area (Å²) in [5.74, 6) is 1.88. The van der Waals surface area contributed by atoms with Crippen molar-refractivity contribution in [2.24, 2.45) is 11.8 Å². The van der Waals surface area contributed by atoms with E-state index in [2.05, 4.69) is 20.0 Å². The molecule has 13 heavy (non-hydrogen) atoms. The zero-order valence-corrected chi connectivity index (χ0v) is 10.3. The van der Waals surface area contributed by atoms with Crippen molar-refractivity contribution in [2.45, 2.75) is 58.2 Å². The Morgan fingerprint density at radius 2 is 1.69 bits per heavy atom. The maximum absolute atomic E-state index is 9.74. The molecule has 0 aromatic heterocycles. The molecule has 1 N–H and O–H groups in total. The van der Waals surface area contributed by atoms with E-state index in [4.69, 9.17) is 0 Å². The molecular formula is C11H24OSi. The first-order chi connectivity index (χ1) is 5.97. The molecule has 1 rings (SSSR count). The van der Waals surface area contributed by atoms with Crippen LogP contribution in [-0.2, 0) is 0 Å². The number of hydrogen-bond donors (Lipinski definition) is 1. The minimum Gasteiger partial charge on any atom is -0.432 e. The summed E-state index contributed by atoms with van der Waals surface area (Å²) in [6.45, 7) is 6.47. The molecule has 0 unspecified atom stereocenters. The van der Waals surface area contributed by atoms with E-state index in [9.17, 15) is 4.80 Å². The number of rotatable bonds is 3. The van der Waals surface area contributed by atoms with Crippen molar-refractivity contribution in [3.05, 3.63) is 0 Å². The first-order valence-corrected chi connectivity index (χ1v) is 8.85. The summed E-state index contributed by atoms with van der Waals surface area (Å²) < 4.78 is 0. The molecule has 0 saturated heterocycles. The molecule has 0 aromatic carbocycles. The molecule has 0 heterocycles. The second-order valence-corrected chi connectivity index (χ2v) is 9.60. The molecule has 0 atom stereocenters. The van der Waals surface area contributed by atoms with Crippen LogP contribution >= 0.6 is 0 Å². The Morgan fingerprint density at radius 3 is 2.15 bits per heavy atom. The van der Waals surface area contributed by atoms with Crippen LogP contribution in [0.25, 0.3) is 0 Å². The predicted octanol–water partition coefficient (Wildman–Crippen LogP) is 3.40. The average Bonchev–Trinajstić information content (AvgIpc) is 2.02. The van der Waals surface area contributed by atoms with Gasteiger partial charge in [0.2, 0.25) is 0 Å². The lowest BCUT2D eigenvalue weighted by Gasteiger charge is -2.27. The lowest BCUT2D eigenvalue weighted by atomic mass is 9.82. The molecule has 1 nitrogen and oxygen atoms in total. The zero-order chi connectivity index (χ0) is 9.90. The third kappa shape index (κ3) is 4.82. The van der Waals surface area contributed by atoms with Gasteiger partial charge in [0.25, 0.3) is 0 Å². The third-order valence-electron chi connectivity index (χ3n) is 3.30. The summed E-state index contributed by atoms with van der Waals surface area (Å²) >= 11 is 0. The van der Waals surface area contributed by atoms with Crippen LogP contribution in [0, 0.1) is 11.8 Å². The fourth-order valence-corrected chi connectivity index (χ4v) is 3.29. The van der Waals surface area contributed by atoms with Gasteiger partial charge < -0.3 is 4.80 Å². The predicted molar refractivity (Wildman–Crippen MR) is 60.2 cm³/mol. The van der Waals surface area contributed by atoms with Gasteiger partial charge in [-0.05, 0) is 31.0 Å². The van der Waals surface area contributed by atoms with Crippen LogP contribution in [0.3, 0.4) is 0 Å². The molecule has 0 spiro atoms. The minimum atomic E-state index is -1.76. The van der Waals surface area contributed by atoms with Crippen LogP contribution in [-0.4, -0.2) is 13.1 Å². The molecule has 1 aliphatic rings. The first-order valence-electron chi connectivity index (χ1n) is 5.70. The first kappa shape index (κ1) is 11.3. The Bertz CT molecular complexity index is 143. The maximum Gasteiger partial charge on any atom is 0.182 e. The van der Waals surface area contributed by atoms with E-state index in [0.29, 0.717) is 0 Å². The molecule has 0 bridgehead atoms. The van der Waals surface area contributed by atoms with Gasteiger partial charge in [-0.15, -0.1) is 0 Å². The van der Waals surface area contributed by atoms with Gasteiger partial charge in [-0.1, -0.05) is 39.0 Å². The molecule has 1 fully saturated rings. The van der Waals surface area contributed by atoms with Gasteiger partial charge in [0.15, 0.2) is 8.32 Å². The van der Waals surface area contributed by atoms with Crippen LogP contribution in [0.2, 0.25) is 19.1 Å². The Hall–Kier alpha value is 0.177. The highest BCUT2D eigenvalue weighted by molar-refractivity contribution is 6.69. The molecule has 2 heteroatoms. The van der Waals surface area contributed by atoms with Gasteiger partial charge in [-0.2, -0.15) is 0 Å². The van der Waals surface area contributed by atoms with E-state index in [1.807, 2.05) is 0 Å². The Kier molecular flexibility index (Phi) is 3.99. The molecule has 1 saturated carbocycles. The maximum atomic E-state index is 9.74. The average molecular weight is 200 g/mol. The van der Waals surface area contributed by atoms with Gasteiger partial charge in [0.05, 0.1) is 0 Å². The van der Waals surface area contributed by atoms with Gasteiger partial charge in [-0.3, -0.25) is 0 Å². The minimum absolute atomic E-state index is 0.926. The van der Waals surface area contributed by atoms with Gasteiger partial charge >= 0.3 is 0 Å². The van der Waals surface area contributed by atoms with E-state index in [0.717, 1.165) is 17.9 Å². The Morgan fingerprint density at radius 1 is 1.15 bits per heavy atom. The summed E-state index contributed by atoms with van der Waals surface area (Å²) in [5.41, 5.74) is 0. The van der Waals surface area contributed by atoms with Gasteiger partial charge in [0, 0.05) is 0 Å². The second-order valence-electron chi connectivity index (χ2n) is 5.48. The van der Waals surface area contributed by atoms with Crippen LogP contribution < -0.4 is 0 Å². The summed E-state index contributed by atoms with van der Waals surface area (Å²) in [4.78, 5) is 9.74. The molecule has 0 radical (unpaired) electrons. The van der Waals surface area contributed by atoms with E-state index in [-0.39, 0.29) is 0 Å². The highest BCUT2D eigenvalue weighted by Crippen LogP contribution is 2.32. The van der Waals surface area contributed by atoms with E-state index in [1.54, 1.807) is 0 Å². The molecule has 1 aliphatic carbocycles. The third-order valence-corrected chi connectivity index (χ3v) is 4.81. The van der Waals surface area contributed by atoms with E-state index in [1.165, 1.54) is 32.1 Å². The highest BCUT2D eigenvalue weighted by atomic mass is 28.4. The lowest BCUT2D eigenvalue weighted by Crippen LogP contribution is -2.26. The summed E-state index contributed by atoms with van der Waals surface area (Å²) in [5, 5.41) is 0. The van der Waals surface area contributed by atoms with Crippen LogP contribution in [0.1, 0.15) is 39.0 Å². The highest BCUT2D eigenvalue weighted by Gasteiger charge is 2.22. The lowest BCUT2D eigenvalue weighted by molar-refractivity contribution is 0.282. The summed E-state index contributed by atoms with van der Waals surface area (Å²) in [6, 6.07) is 1.10. The molecular weight excluding hydrogens is 176 g/mol. The van der Waals surface area contributed by atoms with E-state index >= 15 is 0 Å². The van der Waals surface area contributed by atoms with Crippen molar-refractivity contribution in [3.8, 4) is 0 Å². The molecule has 0 amide bonds. The second kappa shape index (κ2) is 4.60. The number of hydrogen-bond acceptors (Lipinski definition) is 1. The van der Waals surface area contributed by atoms with Crippen molar-refractivity contribution in [3.63, 3.8) is 0 Å². The smallest absolute Gasteiger partial charge is 0.182 e. The van der Waals surface area contributed by atoms with Crippen molar-refractivity contribution in [2.75, 3.05) is 0 Å². The Balaban J connectivity index is 2.16. The topological polar surface area (TPSA) is 20.2 Å². The normalized spacial score (nSPS) is 30.5. The van der Waals surface area contributed by atoms with Crippen LogP contribution in [0.15, 0.2) is 0 Å².